The second-order valence-electron chi connectivity index (χ2n) is 4.58. The Labute approximate surface area is 143 Å². The second kappa shape index (κ2) is 6.49. The number of benzene rings is 1. The Kier molecular flexibility index (Phi) is 4.37. The first kappa shape index (κ1) is 16.9. The van der Waals surface area contributed by atoms with Gasteiger partial charge in [0.15, 0.2) is 15.8 Å². The number of aromatic nitrogens is 5. The number of hydrogen-bond donors (Lipinski definition) is 2. The number of thiazole rings is 1. The minimum atomic E-state index is -3.98. The van der Waals surface area contributed by atoms with Gasteiger partial charge in [-0.25, -0.2) is 17.8 Å². The number of ketones is 1. The molecular weight excluding hydrogens is 373 g/mol. The number of rotatable bonds is 5. The first-order valence-electron chi connectivity index (χ1n) is 6.53. The predicted molar refractivity (Wildman–Crippen MR) is 83.1 cm³/mol. The van der Waals surface area contributed by atoms with Crippen LogP contribution in [0.5, 0.6) is 0 Å². The number of sulfone groups is 1. The third-order valence-corrected chi connectivity index (χ3v) is 5.59. The third kappa shape index (κ3) is 3.44. The molecule has 2 aromatic heterocycles. The van der Waals surface area contributed by atoms with Crippen molar-refractivity contribution in [3.8, 4) is 0 Å². The van der Waals surface area contributed by atoms with Crippen molar-refractivity contribution in [2.45, 2.75) is 9.92 Å². The van der Waals surface area contributed by atoms with Gasteiger partial charge in [0.05, 0.1) is 4.90 Å². The Morgan fingerprint density at radius 2 is 2.00 bits per heavy atom. The highest BCUT2D eigenvalue weighted by atomic mass is 32.2. The molecule has 0 aliphatic carbocycles. The number of hydrogen-bond acceptors (Lipinski definition) is 9. The molecule has 2 heterocycles. The number of aliphatic hydroxyl groups excluding tert-OH is 1. The van der Waals surface area contributed by atoms with Gasteiger partial charge in [0.25, 0.3) is 0 Å². The fraction of sp³-hybridized carbons (Fsp3) is 0. The number of halogens is 1. The lowest BCUT2D eigenvalue weighted by atomic mass is 10.3. The van der Waals surface area contributed by atoms with Crippen molar-refractivity contribution >= 4 is 32.7 Å². The van der Waals surface area contributed by atoms with Crippen LogP contribution in [0.4, 0.5) is 4.39 Å². The lowest BCUT2D eigenvalue weighted by Crippen LogP contribution is -2.04. The van der Waals surface area contributed by atoms with Crippen LogP contribution in [0.15, 0.2) is 45.6 Å². The maximum Gasteiger partial charge on any atom is 0.239 e. The van der Waals surface area contributed by atoms with E-state index in [0.29, 0.717) is 0 Å². The molecular formula is C13H8FN5O4S2. The summed E-state index contributed by atoms with van der Waals surface area (Å²) in [6.45, 7) is 0. The second-order valence-corrected chi connectivity index (χ2v) is 7.33. The zero-order chi connectivity index (χ0) is 18.0. The number of nitrogens with one attached hydrogen (secondary N) is 1. The summed E-state index contributed by atoms with van der Waals surface area (Å²) < 4.78 is 37.7. The molecule has 0 atom stereocenters. The highest BCUT2D eigenvalue weighted by Gasteiger charge is 2.23. The summed E-state index contributed by atoms with van der Waals surface area (Å²) in [5, 5.41) is 22.7. The zero-order valence-corrected chi connectivity index (χ0v) is 13.8. The fourth-order valence-corrected chi connectivity index (χ4v) is 4.00. The lowest BCUT2D eigenvalue weighted by Gasteiger charge is -2.00. The van der Waals surface area contributed by atoms with Gasteiger partial charge in [-0.05, 0) is 29.5 Å². The molecule has 12 heteroatoms. The van der Waals surface area contributed by atoms with E-state index in [1.807, 2.05) is 0 Å². The number of carbonyl (C=O) groups is 1. The van der Waals surface area contributed by atoms with Crippen LogP contribution in [0.25, 0.3) is 5.76 Å². The summed E-state index contributed by atoms with van der Waals surface area (Å²) in [7, 11) is -3.98. The van der Waals surface area contributed by atoms with Gasteiger partial charge in [0.2, 0.25) is 21.4 Å². The van der Waals surface area contributed by atoms with Crippen LogP contribution >= 0.6 is 11.3 Å². The van der Waals surface area contributed by atoms with Crippen LogP contribution in [-0.4, -0.2) is 44.9 Å². The molecule has 25 heavy (non-hydrogen) atoms. The molecule has 0 spiro atoms. The smallest absolute Gasteiger partial charge is 0.239 e. The lowest BCUT2D eigenvalue weighted by molar-refractivity contribution is 0.104. The van der Waals surface area contributed by atoms with Gasteiger partial charge in [0.1, 0.15) is 5.82 Å². The molecule has 0 amide bonds. The SMILES string of the molecule is O=C(C=C(O)c1nn[nH]n1)c1nc(S(=O)(=O)c2ccc(F)cc2)cs1. The third-order valence-electron chi connectivity index (χ3n) is 2.94. The van der Waals surface area contributed by atoms with Crippen LogP contribution in [0.3, 0.4) is 0 Å². The normalized spacial score (nSPS) is 12.3. The van der Waals surface area contributed by atoms with E-state index in [9.17, 15) is 22.7 Å². The molecule has 0 aliphatic rings. The summed E-state index contributed by atoms with van der Waals surface area (Å²) in [6, 6.07) is 4.23. The molecule has 9 nitrogen and oxygen atoms in total. The Hall–Kier alpha value is -2.99. The molecule has 0 aliphatic heterocycles. The number of nitrogens with zero attached hydrogens (tertiary/aromatic N) is 4. The average Bonchev–Trinajstić information content (AvgIpc) is 3.27. The number of H-pyrrole nitrogens is 1. The Morgan fingerprint density at radius 3 is 2.64 bits per heavy atom. The highest BCUT2D eigenvalue weighted by molar-refractivity contribution is 7.91. The van der Waals surface area contributed by atoms with Gasteiger partial charge < -0.3 is 5.11 Å². The molecule has 0 fully saturated rings. The summed E-state index contributed by atoms with van der Waals surface area (Å²) >= 11 is 0.788. The number of allylic oxidation sites excluding steroid dienone is 1. The Morgan fingerprint density at radius 1 is 1.28 bits per heavy atom. The molecule has 0 saturated heterocycles. The maximum absolute atomic E-state index is 12.9. The minimum Gasteiger partial charge on any atom is -0.504 e. The van der Waals surface area contributed by atoms with Crippen molar-refractivity contribution in [2.75, 3.05) is 0 Å². The molecule has 3 aromatic rings. The Balaban J connectivity index is 1.88. The van der Waals surface area contributed by atoms with Crippen LogP contribution in [0, 0.1) is 5.82 Å². The van der Waals surface area contributed by atoms with E-state index in [-0.39, 0.29) is 20.8 Å². The number of aromatic amines is 1. The van der Waals surface area contributed by atoms with Crippen molar-refractivity contribution in [3.05, 3.63) is 52.4 Å². The largest absolute Gasteiger partial charge is 0.504 e. The quantitative estimate of drug-likeness (QED) is 0.293. The van der Waals surface area contributed by atoms with E-state index in [4.69, 9.17) is 0 Å². The Bertz CT molecular complexity index is 1040. The topological polar surface area (TPSA) is 139 Å². The molecule has 0 unspecified atom stereocenters. The molecule has 1 aromatic carbocycles. The number of tetrazole rings is 1. The molecule has 3 rings (SSSR count). The monoisotopic (exact) mass is 381 g/mol. The van der Waals surface area contributed by atoms with E-state index in [2.05, 4.69) is 25.6 Å². The summed E-state index contributed by atoms with van der Waals surface area (Å²) in [6.07, 6.45) is 0.804. The van der Waals surface area contributed by atoms with E-state index in [0.717, 1.165) is 41.7 Å². The first-order chi connectivity index (χ1) is 11.9. The van der Waals surface area contributed by atoms with Gasteiger partial charge in [-0.2, -0.15) is 5.21 Å². The molecule has 0 radical (unpaired) electrons. The minimum absolute atomic E-state index is 0.150. The fourth-order valence-electron chi connectivity index (χ4n) is 1.75. The maximum atomic E-state index is 12.9. The van der Waals surface area contributed by atoms with Crippen molar-refractivity contribution in [2.24, 2.45) is 0 Å². The standard InChI is InChI=1S/C13H8FN5O4S2/c14-7-1-3-8(4-2-7)25(22,23)11-6-24-13(15-11)10(21)5-9(20)12-16-18-19-17-12/h1-6,20H,(H,16,17,18,19). The van der Waals surface area contributed by atoms with Gasteiger partial charge >= 0.3 is 0 Å². The summed E-state index contributed by atoms with van der Waals surface area (Å²) in [4.78, 5) is 15.7. The summed E-state index contributed by atoms with van der Waals surface area (Å²) in [5.41, 5.74) is 0. The van der Waals surface area contributed by atoms with E-state index < -0.39 is 27.2 Å². The van der Waals surface area contributed by atoms with Crippen molar-refractivity contribution in [1.29, 1.82) is 0 Å². The predicted octanol–water partition coefficient (Wildman–Crippen LogP) is 1.41. The van der Waals surface area contributed by atoms with Gasteiger partial charge in [-0.1, -0.05) is 0 Å². The molecule has 0 saturated carbocycles. The van der Waals surface area contributed by atoms with Crippen LogP contribution < -0.4 is 0 Å². The van der Waals surface area contributed by atoms with Gasteiger partial charge in [-0.15, -0.1) is 21.5 Å². The number of aliphatic hydroxyl groups is 1. The van der Waals surface area contributed by atoms with E-state index >= 15 is 0 Å². The van der Waals surface area contributed by atoms with Crippen LogP contribution in [0.2, 0.25) is 0 Å². The highest BCUT2D eigenvalue weighted by Crippen LogP contribution is 2.23. The zero-order valence-electron chi connectivity index (χ0n) is 12.1. The van der Waals surface area contributed by atoms with Crippen LogP contribution in [0.1, 0.15) is 15.6 Å². The number of carbonyl (C=O) groups excluding carboxylic acids is 1. The molecule has 2 N–H and O–H groups in total. The molecule has 0 bridgehead atoms. The van der Waals surface area contributed by atoms with E-state index in [1.54, 1.807) is 0 Å². The van der Waals surface area contributed by atoms with Crippen molar-refractivity contribution < 1.29 is 22.7 Å². The molecule has 128 valence electrons. The average molecular weight is 381 g/mol. The van der Waals surface area contributed by atoms with Gasteiger partial charge in [-0.3, -0.25) is 4.79 Å². The van der Waals surface area contributed by atoms with Crippen molar-refractivity contribution in [1.82, 2.24) is 25.6 Å². The first-order valence-corrected chi connectivity index (χ1v) is 8.89. The van der Waals surface area contributed by atoms with Crippen molar-refractivity contribution in [3.63, 3.8) is 0 Å². The van der Waals surface area contributed by atoms with Crippen LogP contribution in [-0.2, 0) is 9.84 Å². The van der Waals surface area contributed by atoms with E-state index in [1.165, 1.54) is 5.38 Å². The summed E-state index contributed by atoms with van der Waals surface area (Å²) in [5.74, 6) is -2.04. The van der Waals surface area contributed by atoms with Gasteiger partial charge in [0, 0.05) is 11.5 Å².